The lowest BCUT2D eigenvalue weighted by Gasteiger charge is -2.05. The number of rotatable bonds is 5. The number of hydrogen-bond acceptors (Lipinski definition) is 5. The molecule has 0 saturated carbocycles. The summed E-state index contributed by atoms with van der Waals surface area (Å²) in [4.78, 5) is 4.23. The molecule has 0 spiro atoms. The van der Waals surface area contributed by atoms with Gasteiger partial charge in [0.1, 0.15) is 5.52 Å². The Kier molecular flexibility index (Phi) is 4.87. The summed E-state index contributed by atoms with van der Waals surface area (Å²) in [7, 11) is 0. The van der Waals surface area contributed by atoms with Gasteiger partial charge in [-0.25, -0.2) is 4.98 Å². The number of thiazole rings is 1. The van der Waals surface area contributed by atoms with Crippen molar-refractivity contribution in [3.05, 3.63) is 16.6 Å². The summed E-state index contributed by atoms with van der Waals surface area (Å²) in [5.74, 6) is 0.0462. The maximum Gasteiger partial charge on any atom is 0.387 e. The Morgan fingerprint density at radius 1 is 1.55 bits per heavy atom. The van der Waals surface area contributed by atoms with Crippen molar-refractivity contribution in [3.8, 4) is 5.75 Å². The Labute approximate surface area is 127 Å². The van der Waals surface area contributed by atoms with E-state index in [-0.39, 0.29) is 5.75 Å². The third-order valence-corrected chi connectivity index (χ3v) is 3.86. The largest absolute Gasteiger partial charge is 0.432 e. The molecule has 20 heavy (non-hydrogen) atoms. The van der Waals surface area contributed by atoms with E-state index in [1.165, 1.54) is 17.4 Å². The molecule has 0 aliphatic rings. The van der Waals surface area contributed by atoms with Gasteiger partial charge in [0, 0.05) is 10.2 Å². The average molecular weight is 364 g/mol. The molecule has 2 aromatic rings. The summed E-state index contributed by atoms with van der Waals surface area (Å²) >= 11 is 4.58. The predicted molar refractivity (Wildman–Crippen MR) is 81.0 cm³/mol. The highest BCUT2D eigenvalue weighted by molar-refractivity contribution is 9.10. The number of ether oxygens (including phenoxy) is 1. The number of hydrazone groups is 1. The fourth-order valence-electron chi connectivity index (χ4n) is 1.42. The van der Waals surface area contributed by atoms with Crippen molar-refractivity contribution in [1.82, 2.24) is 4.98 Å². The van der Waals surface area contributed by atoms with Gasteiger partial charge in [-0.05, 0) is 25.5 Å². The smallest absolute Gasteiger partial charge is 0.387 e. The van der Waals surface area contributed by atoms with E-state index < -0.39 is 6.61 Å². The van der Waals surface area contributed by atoms with Crippen LogP contribution in [-0.4, -0.2) is 17.3 Å². The predicted octanol–water partition coefficient (Wildman–Crippen LogP) is 4.86. The molecule has 0 aliphatic carbocycles. The lowest BCUT2D eigenvalue weighted by molar-refractivity contribution is -0.0489. The molecular weight excluding hydrogens is 352 g/mol. The quantitative estimate of drug-likeness (QED) is 0.609. The normalized spacial score (nSPS) is 12.2. The Hall–Kier alpha value is -1.28. The number of fused-ring (bicyclic) bond motifs is 1. The molecule has 1 aromatic heterocycles. The summed E-state index contributed by atoms with van der Waals surface area (Å²) in [6.07, 6.45) is 0.823. The molecule has 0 aliphatic heterocycles. The van der Waals surface area contributed by atoms with Gasteiger partial charge in [0.2, 0.25) is 5.13 Å². The molecule has 0 unspecified atom stereocenters. The maximum absolute atomic E-state index is 12.4. The van der Waals surface area contributed by atoms with E-state index >= 15 is 0 Å². The first-order chi connectivity index (χ1) is 9.49. The second-order valence-corrected chi connectivity index (χ2v) is 5.91. The van der Waals surface area contributed by atoms with Crippen LogP contribution in [0.15, 0.2) is 21.7 Å². The van der Waals surface area contributed by atoms with Gasteiger partial charge in [-0.2, -0.15) is 13.9 Å². The molecule has 0 saturated heterocycles. The van der Waals surface area contributed by atoms with Crippen LogP contribution in [0.4, 0.5) is 13.9 Å². The van der Waals surface area contributed by atoms with E-state index in [1.54, 1.807) is 6.07 Å². The summed E-state index contributed by atoms with van der Waals surface area (Å²) < 4.78 is 30.7. The first-order valence-electron chi connectivity index (χ1n) is 5.83. The Bertz CT molecular complexity index is 645. The second kappa shape index (κ2) is 6.45. The minimum atomic E-state index is -2.88. The van der Waals surface area contributed by atoms with Crippen molar-refractivity contribution >= 4 is 48.3 Å². The highest BCUT2D eigenvalue weighted by atomic mass is 79.9. The molecule has 8 heteroatoms. The summed E-state index contributed by atoms with van der Waals surface area (Å²) in [6, 6.07) is 3.27. The average Bonchev–Trinajstić information content (AvgIpc) is 2.78. The number of hydrogen-bond donors (Lipinski definition) is 1. The number of nitrogens with one attached hydrogen (secondary N) is 1. The Morgan fingerprint density at radius 2 is 2.30 bits per heavy atom. The van der Waals surface area contributed by atoms with E-state index in [0.29, 0.717) is 15.1 Å². The summed E-state index contributed by atoms with van der Waals surface area (Å²) in [5, 5.41) is 4.67. The van der Waals surface area contributed by atoms with Crippen molar-refractivity contribution in [3.63, 3.8) is 0 Å². The van der Waals surface area contributed by atoms with Crippen LogP contribution in [0.3, 0.4) is 0 Å². The molecule has 1 N–H and O–H groups in total. The SMILES string of the molecule is CC/C(C)=N/Nc1nc2c(OC(F)F)cc(Br)cc2s1. The third kappa shape index (κ3) is 3.63. The van der Waals surface area contributed by atoms with E-state index in [4.69, 9.17) is 0 Å². The van der Waals surface area contributed by atoms with Crippen molar-refractivity contribution in [2.24, 2.45) is 5.10 Å². The van der Waals surface area contributed by atoms with E-state index in [0.717, 1.165) is 16.8 Å². The fraction of sp³-hybridized carbons (Fsp3) is 0.333. The van der Waals surface area contributed by atoms with Gasteiger partial charge < -0.3 is 4.74 Å². The zero-order valence-corrected chi connectivity index (χ0v) is 13.2. The lowest BCUT2D eigenvalue weighted by Crippen LogP contribution is -2.02. The molecule has 0 radical (unpaired) electrons. The lowest BCUT2D eigenvalue weighted by atomic mass is 10.3. The fourth-order valence-corrected chi connectivity index (χ4v) is 2.88. The molecule has 1 aromatic carbocycles. The van der Waals surface area contributed by atoms with Crippen molar-refractivity contribution < 1.29 is 13.5 Å². The van der Waals surface area contributed by atoms with Gasteiger partial charge in [0.15, 0.2) is 5.75 Å². The number of aromatic nitrogens is 1. The van der Waals surface area contributed by atoms with Crippen LogP contribution in [0.25, 0.3) is 10.2 Å². The van der Waals surface area contributed by atoms with Crippen LogP contribution < -0.4 is 10.2 Å². The van der Waals surface area contributed by atoms with E-state index in [9.17, 15) is 8.78 Å². The first kappa shape index (κ1) is 15.1. The van der Waals surface area contributed by atoms with Crippen LogP contribution >= 0.6 is 27.3 Å². The van der Waals surface area contributed by atoms with E-state index in [1.807, 2.05) is 13.8 Å². The van der Waals surface area contributed by atoms with Gasteiger partial charge >= 0.3 is 6.61 Å². The van der Waals surface area contributed by atoms with Gasteiger partial charge in [-0.15, -0.1) is 0 Å². The van der Waals surface area contributed by atoms with Crippen LogP contribution in [0.5, 0.6) is 5.75 Å². The van der Waals surface area contributed by atoms with Crippen LogP contribution in [0, 0.1) is 0 Å². The van der Waals surface area contributed by atoms with Crippen molar-refractivity contribution in [2.45, 2.75) is 26.9 Å². The third-order valence-electron chi connectivity index (χ3n) is 2.49. The number of alkyl halides is 2. The zero-order valence-electron chi connectivity index (χ0n) is 10.8. The Balaban J connectivity index is 2.37. The minimum absolute atomic E-state index is 0.0462. The second-order valence-electron chi connectivity index (χ2n) is 3.96. The van der Waals surface area contributed by atoms with Crippen LogP contribution in [0.2, 0.25) is 0 Å². The van der Waals surface area contributed by atoms with Crippen LogP contribution in [0.1, 0.15) is 20.3 Å². The highest BCUT2D eigenvalue weighted by Gasteiger charge is 2.14. The molecule has 0 bridgehead atoms. The Morgan fingerprint density at radius 3 is 2.95 bits per heavy atom. The monoisotopic (exact) mass is 363 g/mol. The number of halogens is 3. The highest BCUT2D eigenvalue weighted by Crippen LogP contribution is 2.36. The standard InChI is InChI=1S/C12H12BrF2N3OS/c1-3-6(2)17-18-12-16-10-8(19-11(14)15)4-7(13)5-9(10)20-12/h4-5,11H,3H2,1-2H3,(H,16,18)/b17-6+. The molecular formula is C12H12BrF2N3OS. The van der Waals surface area contributed by atoms with Gasteiger partial charge in [-0.3, -0.25) is 5.43 Å². The number of benzene rings is 1. The van der Waals surface area contributed by atoms with Crippen LogP contribution in [-0.2, 0) is 0 Å². The number of nitrogens with zero attached hydrogens (tertiary/aromatic N) is 2. The molecule has 0 amide bonds. The maximum atomic E-state index is 12.4. The minimum Gasteiger partial charge on any atom is -0.432 e. The molecule has 2 rings (SSSR count). The molecule has 1 heterocycles. The zero-order chi connectivity index (χ0) is 14.7. The van der Waals surface area contributed by atoms with Crippen molar-refractivity contribution in [1.29, 1.82) is 0 Å². The molecule has 108 valence electrons. The van der Waals surface area contributed by atoms with Gasteiger partial charge in [0.05, 0.1) is 4.70 Å². The molecule has 4 nitrogen and oxygen atoms in total. The molecule has 0 atom stereocenters. The van der Waals surface area contributed by atoms with Crippen molar-refractivity contribution in [2.75, 3.05) is 5.43 Å². The topological polar surface area (TPSA) is 46.5 Å². The van der Waals surface area contributed by atoms with E-state index in [2.05, 4.69) is 36.2 Å². The van der Waals surface area contributed by atoms with Gasteiger partial charge in [-0.1, -0.05) is 34.2 Å². The summed E-state index contributed by atoms with van der Waals surface area (Å²) in [6.45, 7) is 0.998. The molecule has 0 fully saturated rings. The number of anilines is 1. The van der Waals surface area contributed by atoms with Gasteiger partial charge in [0.25, 0.3) is 0 Å². The summed E-state index contributed by atoms with van der Waals surface area (Å²) in [5.41, 5.74) is 4.14. The first-order valence-corrected chi connectivity index (χ1v) is 7.44.